The summed E-state index contributed by atoms with van der Waals surface area (Å²) in [5, 5.41) is 12.8. The summed E-state index contributed by atoms with van der Waals surface area (Å²) in [6, 6.07) is 1.79. The molecule has 9 heteroatoms. The fraction of sp³-hybridized carbons (Fsp3) is 0.733. The van der Waals surface area contributed by atoms with E-state index in [9.17, 15) is 24.3 Å². The Morgan fingerprint density at radius 1 is 0.926 bits per heavy atom. The summed E-state index contributed by atoms with van der Waals surface area (Å²) >= 11 is 0. The van der Waals surface area contributed by atoms with Gasteiger partial charge in [0.15, 0.2) is 11.6 Å². The van der Waals surface area contributed by atoms with Gasteiger partial charge >= 0.3 is 11.9 Å². The Morgan fingerprint density at radius 2 is 1.61 bits per heavy atom. The van der Waals surface area contributed by atoms with E-state index in [4.69, 9.17) is 4.74 Å². The summed E-state index contributed by atoms with van der Waals surface area (Å²) in [6.07, 6.45) is 16.8. The van der Waals surface area contributed by atoms with Crippen LogP contribution in [0.4, 0.5) is 0 Å². The third-order valence-corrected chi connectivity index (χ3v) is 16.5. The number of hydrogen-bond donors (Lipinski definition) is 2. The minimum atomic E-state index is -1.17. The molecular weight excluding hydrogens is 679 g/mol. The van der Waals surface area contributed by atoms with Crippen molar-refractivity contribution in [3.63, 3.8) is 0 Å². The molecule has 6 aliphatic carbocycles. The van der Waals surface area contributed by atoms with Gasteiger partial charge in [-0.3, -0.25) is 19.2 Å². The Morgan fingerprint density at radius 3 is 2.24 bits per heavy atom. The number of ketones is 1. The van der Waals surface area contributed by atoms with Crippen LogP contribution >= 0.6 is 0 Å². The number of carboxylic acid groups (broad SMARTS) is 1. The van der Waals surface area contributed by atoms with E-state index >= 15 is 0 Å². The Kier molecular flexibility index (Phi) is 9.25. The van der Waals surface area contributed by atoms with Gasteiger partial charge in [0.05, 0.1) is 11.8 Å². The Hall–Kier alpha value is -3.36. The molecule has 8 atom stereocenters. The van der Waals surface area contributed by atoms with Crippen molar-refractivity contribution in [3.05, 3.63) is 47.6 Å². The van der Waals surface area contributed by atoms with Crippen molar-refractivity contribution in [1.82, 2.24) is 15.3 Å². The first-order valence-corrected chi connectivity index (χ1v) is 20.7. The number of amides is 1. The fourth-order valence-corrected chi connectivity index (χ4v) is 13.3. The Balaban J connectivity index is 1.15. The summed E-state index contributed by atoms with van der Waals surface area (Å²) in [5.74, 6) is 0.555. The molecule has 0 saturated heterocycles. The van der Waals surface area contributed by atoms with E-state index in [-0.39, 0.29) is 57.7 Å². The number of carbonyl (C=O) groups is 4. The van der Waals surface area contributed by atoms with Crippen LogP contribution in [0.25, 0.3) is 0 Å². The highest BCUT2D eigenvalue weighted by Crippen LogP contribution is 2.77. The monoisotopic (exact) mass is 741 g/mol. The molecule has 9 nitrogen and oxygen atoms in total. The van der Waals surface area contributed by atoms with Crippen LogP contribution in [0.5, 0.6) is 0 Å². The second kappa shape index (κ2) is 12.8. The molecule has 1 heterocycles. The molecule has 0 radical (unpaired) electrons. The largest absolute Gasteiger partial charge is 0.481 e. The molecule has 0 bridgehead atoms. The Bertz CT molecular complexity index is 1790. The third-order valence-electron chi connectivity index (χ3n) is 16.5. The van der Waals surface area contributed by atoms with Gasteiger partial charge in [0.2, 0.25) is 5.91 Å². The molecule has 54 heavy (non-hydrogen) atoms. The maximum Gasteiger partial charge on any atom is 0.309 e. The lowest BCUT2D eigenvalue weighted by molar-refractivity contribution is -0.232. The number of fused-ring (bicyclic) bond motifs is 7. The maximum atomic E-state index is 14.1. The van der Waals surface area contributed by atoms with Gasteiger partial charge in [-0.1, -0.05) is 54.5 Å². The third kappa shape index (κ3) is 5.83. The van der Waals surface area contributed by atoms with E-state index in [1.165, 1.54) is 5.57 Å². The van der Waals surface area contributed by atoms with Gasteiger partial charge in [-0.25, -0.2) is 9.97 Å². The topological polar surface area (TPSA) is 136 Å². The first-order valence-electron chi connectivity index (χ1n) is 20.7. The van der Waals surface area contributed by atoms with Crippen LogP contribution in [0, 0.1) is 56.2 Å². The van der Waals surface area contributed by atoms with Crippen molar-refractivity contribution < 1.29 is 29.0 Å². The van der Waals surface area contributed by atoms with Gasteiger partial charge in [0, 0.05) is 29.6 Å². The van der Waals surface area contributed by atoms with Crippen LogP contribution in [-0.2, 0) is 29.5 Å². The molecule has 1 amide bonds. The molecule has 0 aromatic carbocycles. The predicted octanol–water partition coefficient (Wildman–Crippen LogP) is 8.53. The van der Waals surface area contributed by atoms with E-state index in [0.717, 1.165) is 69.8 Å². The number of aliphatic carboxylic acids is 1. The second-order valence-electron chi connectivity index (χ2n) is 20.5. The first-order chi connectivity index (χ1) is 25.2. The van der Waals surface area contributed by atoms with Gasteiger partial charge in [0.25, 0.3) is 0 Å². The SMILES string of the molecule is CC(C)C1=C2[C@H]3CC[C@@H]4[C@@]5(C)CC[C@H](OC(=O)CC(C)(C)C(=O)O)C(C)(C)[C@@H]5CC[C@@]4(C)[C@]3(C)CC[C@@]2(/C=C/C(=O)NC2(c3ncccn3)CC2)CC1=O. The van der Waals surface area contributed by atoms with Crippen molar-refractivity contribution in [2.75, 3.05) is 0 Å². The van der Waals surface area contributed by atoms with Gasteiger partial charge in [-0.15, -0.1) is 0 Å². The van der Waals surface area contributed by atoms with Crippen LogP contribution in [0.3, 0.4) is 0 Å². The highest BCUT2D eigenvalue weighted by atomic mass is 16.5. The highest BCUT2D eigenvalue weighted by molar-refractivity contribution is 6.01. The average Bonchev–Trinajstić information content (AvgIpc) is 3.80. The molecule has 5 saturated carbocycles. The lowest BCUT2D eigenvalue weighted by Gasteiger charge is -2.72. The van der Waals surface area contributed by atoms with Crippen molar-refractivity contribution in [1.29, 1.82) is 0 Å². The van der Waals surface area contributed by atoms with E-state index in [2.05, 4.69) is 69.8 Å². The molecule has 1 aromatic heterocycles. The van der Waals surface area contributed by atoms with Crippen LogP contribution in [0.15, 0.2) is 41.8 Å². The fourth-order valence-electron chi connectivity index (χ4n) is 13.3. The summed E-state index contributed by atoms with van der Waals surface area (Å²) in [5.41, 5.74) is 0.0488. The smallest absolute Gasteiger partial charge is 0.309 e. The number of allylic oxidation sites excluding steroid dienone is 3. The molecule has 6 aliphatic rings. The zero-order chi connectivity index (χ0) is 39.3. The van der Waals surface area contributed by atoms with E-state index in [1.54, 1.807) is 38.4 Å². The van der Waals surface area contributed by atoms with Gasteiger partial charge in [-0.2, -0.15) is 0 Å². The van der Waals surface area contributed by atoms with Crippen LogP contribution in [0.2, 0.25) is 0 Å². The normalized spacial score (nSPS) is 37.9. The minimum absolute atomic E-state index is 0.0117. The number of Topliss-reactive ketones (excluding diaryl/α,β-unsaturated/α-hetero) is 1. The lowest BCUT2D eigenvalue weighted by Crippen LogP contribution is -2.65. The zero-order valence-electron chi connectivity index (χ0n) is 34.1. The molecule has 2 N–H and O–H groups in total. The van der Waals surface area contributed by atoms with Crippen molar-refractivity contribution in [2.45, 2.75) is 151 Å². The van der Waals surface area contributed by atoms with Crippen molar-refractivity contribution in [3.8, 4) is 0 Å². The predicted molar refractivity (Wildman–Crippen MR) is 206 cm³/mol. The number of carboxylic acids is 1. The number of nitrogens with zero attached hydrogens (tertiary/aromatic N) is 2. The second-order valence-corrected chi connectivity index (χ2v) is 20.5. The molecule has 0 aliphatic heterocycles. The standard InChI is InChI=1S/C45H63N3O6/c1-27(2)35-29(49)25-44(18-15-33(50)48-45(21-22-45)37-46-23-10-24-47-37)20-19-42(8)28(36(35)44)11-12-31-41(7)16-14-32(54-34(51)26-39(3,4)38(52)53)40(5,6)30(41)13-17-43(31,42)9/h10,15,18,23-24,27-28,30-32H,11-14,16-17,19-22,25-26H2,1-9H3,(H,48,50)(H,52,53)/b18-15+/t28-,30+,31-,32+,41+,42-,43-,44+/m1/s1. The molecule has 0 unspecified atom stereocenters. The van der Waals surface area contributed by atoms with E-state index in [1.807, 2.05) is 0 Å². The van der Waals surface area contributed by atoms with Gasteiger partial charge in [0.1, 0.15) is 11.6 Å². The quantitative estimate of drug-likeness (QED) is 0.190. The van der Waals surface area contributed by atoms with Gasteiger partial charge in [-0.05, 0) is 141 Å². The van der Waals surface area contributed by atoms with Gasteiger partial charge < -0.3 is 15.2 Å². The first kappa shape index (κ1) is 38.9. The number of esters is 1. The number of carbonyl (C=O) groups excluding carboxylic acids is 3. The molecule has 1 aromatic rings. The number of nitrogens with one attached hydrogen (secondary N) is 1. The number of aromatic nitrogens is 2. The van der Waals surface area contributed by atoms with Crippen molar-refractivity contribution in [2.24, 2.45) is 56.2 Å². The summed E-state index contributed by atoms with van der Waals surface area (Å²) in [6.45, 7) is 19.6. The number of rotatable bonds is 9. The number of ether oxygens (including phenoxy) is 1. The van der Waals surface area contributed by atoms with E-state index in [0.29, 0.717) is 24.1 Å². The van der Waals surface area contributed by atoms with Crippen LogP contribution < -0.4 is 5.32 Å². The van der Waals surface area contributed by atoms with Crippen molar-refractivity contribution >= 4 is 23.6 Å². The molecule has 0 spiro atoms. The molecule has 7 rings (SSSR count). The highest BCUT2D eigenvalue weighted by Gasteiger charge is 2.70. The summed E-state index contributed by atoms with van der Waals surface area (Å²) in [7, 11) is 0. The summed E-state index contributed by atoms with van der Waals surface area (Å²) < 4.78 is 6.17. The zero-order valence-corrected chi connectivity index (χ0v) is 34.1. The van der Waals surface area contributed by atoms with E-state index < -0.39 is 28.3 Å². The molecular formula is C45H63N3O6. The average molecular weight is 742 g/mol. The Labute approximate surface area is 322 Å². The lowest BCUT2D eigenvalue weighted by atomic mass is 9.33. The molecule has 294 valence electrons. The van der Waals surface area contributed by atoms with Crippen LogP contribution in [-0.4, -0.2) is 44.8 Å². The molecule has 5 fully saturated rings. The van der Waals surface area contributed by atoms with Crippen LogP contribution in [0.1, 0.15) is 145 Å². The summed E-state index contributed by atoms with van der Waals surface area (Å²) in [4.78, 5) is 61.3. The number of hydrogen-bond acceptors (Lipinski definition) is 7. The minimum Gasteiger partial charge on any atom is -0.481 e. The maximum absolute atomic E-state index is 14.1.